The van der Waals surface area contributed by atoms with Gasteiger partial charge in [0.25, 0.3) is 0 Å². The smallest absolute Gasteiger partial charge is 0.0355 e. The predicted octanol–water partition coefficient (Wildman–Crippen LogP) is 3.08. The largest absolute Gasteiger partial charge is 0.0622 e. The number of fused-ring (bicyclic) bond motifs is 1. The van der Waals surface area contributed by atoms with Crippen molar-refractivity contribution in [2.24, 2.45) is 23.7 Å². The van der Waals surface area contributed by atoms with Gasteiger partial charge in [0.15, 0.2) is 0 Å². The summed E-state index contributed by atoms with van der Waals surface area (Å²) in [5, 5.41) is 0. The van der Waals surface area contributed by atoms with Crippen molar-refractivity contribution in [1.82, 2.24) is 0 Å². The molecule has 4 atom stereocenters. The van der Waals surface area contributed by atoms with E-state index in [0.29, 0.717) is 0 Å². The lowest BCUT2D eigenvalue weighted by Crippen LogP contribution is -2.08. The zero-order valence-corrected chi connectivity index (χ0v) is 7.14. The molecule has 0 heteroatoms. The Labute approximate surface area is 64.0 Å². The molecule has 0 bridgehead atoms. The lowest BCUT2D eigenvalue weighted by molar-refractivity contribution is 0.336. The normalized spacial score (nSPS) is 53.4. The molecule has 0 amide bonds. The fraction of sp³-hybridized carbons (Fsp3) is 1.00. The lowest BCUT2D eigenvalue weighted by Gasteiger charge is -2.16. The first-order valence-electron chi connectivity index (χ1n) is 4.79. The van der Waals surface area contributed by atoms with Crippen LogP contribution in [0, 0.1) is 23.7 Å². The second-order valence-electron chi connectivity index (χ2n) is 4.43. The van der Waals surface area contributed by atoms with Gasteiger partial charge in [-0.15, -0.1) is 0 Å². The van der Waals surface area contributed by atoms with E-state index in [1.165, 1.54) is 12.8 Å². The Morgan fingerprint density at radius 2 is 1.90 bits per heavy atom. The van der Waals surface area contributed by atoms with Crippen molar-refractivity contribution in [3.63, 3.8) is 0 Å². The minimum Gasteiger partial charge on any atom is -0.0622 e. The van der Waals surface area contributed by atoms with Gasteiger partial charge in [-0.25, -0.2) is 0 Å². The van der Waals surface area contributed by atoms with Gasteiger partial charge in [-0.2, -0.15) is 0 Å². The first-order valence-corrected chi connectivity index (χ1v) is 4.79. The van der Waals surface area contributed by atoms with Crippen LogP contribution in [0.3, 0.4) is 0 Å². The van der Waals surface area contributed by atoms with Crippen LogP contribution in [0.5, 0.6) is 0 Å². The van der Waals surface area contributed by atoms with Crippen LogP contribution in [0.15, 0.2) is 0 Å². The van der Waals surface area contributed by atoms with Gasteiger partial charge in [-0.1, -0.05) is 33.1 Å². The Morgan fingerprint density at radius 1 is 1.10 bits per heavy atom. The van der Waals surface area contributed by atoms with Gasteiger partial charge in [0.1, 0.15) is 0 Å². The van der Waals surface area contributed by atoms with E-state index in [0.717, 1.165) is 23.7 Å². The highest BCUT2D eigenvalue weighted by Gasteiger charge is 2.43. The van der Waals surface area contributed by atoms with Crippen molar-refractivity contribution in [2.75, 3.05) is 0 Å². The van der Waals surface area contributed by atoms with Gasteiger partial charge in [0, 0.05) is 0 Å². The van der Waals surface area contributed by atoms with E-state index in [2.05, 4.69) is 13.8 Å². The molecule has 0 heterocycles. The van der Waals surface area contributed by atoms with E-state index >= 15 is 0 Å². The highest BCUT2D eigenvalue weighted by atomic mass is 14.5. The minimum absolute atomic E-state index is 1.01. The van der Waals surface area contributed by atoms with E-state index in [1.807, 2.05) is 0 Å². The molecule has 0 spiro atoms. The monoisotopic (exact) mass is 138 g/mol. The molecule has 10 heavy (non-hydrogen) atoms. The van der Waals surface area contributed by atoms with Gasteiger partial charge in [0.05, 0.1) is 0 Å². The zero-order valence-electron chi connectivity index (χ0n) is 7.14. The summed E-state index contributed by atoms with van der Waals surface area (Å²) >= 11 is 0. The molecule has 58 valence electrons. The fourth-order valence-corrected chi connectivity index (χ4v) is 2.63. The molecule has 0 aromatic rings. The van der Waals surface area contributed by atoms with E-state index in [4.69, 9.17) is 0 Å². The summed E-state index contributed by atoms with van der Waals surface area (Å²) in [5.74, 6) is 4.34. The zero-order chi connectivity index (χ0) is 7.14. The third-order valence-corrected chi connectivity index (χ3v) is 3.78. The molecule has 0 aromatic carbocycles. The van der Waals surface area contributed by atoms with Gasteiger partial charge in [-0.3, -0.25) is 0 Å². The van der Waals surface area contributed by atoms with E-state index in [-0.39, 0.29) is 0 Å². The first-order chi connectivity index (χ1) is 4.79. The first kappa shape index (κ1) is 6.69. The van der Waals surface area contributed by atoms with Gasteiger partial charge < -0.3 is 0 Å². The maximum absolute atomic E-state index is 2.46. The summed E-state index contributed by atoms with van der Waals surface area (Å²) in [6.45, 7) is 4.89. The van der Waals surface area contributed by atoms with Crippen molar-refractivity contribution >= 4 is 0 Å². The molecule has 0 radical (unpaired) electrons. The lowest BCUT2D eigenvalue weighted by atomic mass is 9.89. The summed E-state index contributed by atoms with van der Waals surface area (Å²) in [7, 11) is 0. The van der Waals surface area contributed by atoms with Crippen LogP contribution in [0.1, 0.15) is 39.5 Å². The van der Waals surface area contributed by atoms with E-state index in [1.54, 1.807) is 12.8 Å². The Balaban J connectivity index is 2.01. The highest BCUT2D eigenvalue weighted by Crippen LogP contribution is 2.52. The molecular weight excluding hydrogens is 120 g/mol. The third-order valence-electron chi connectivity index (χ3n) is 3.78. The standard InChI is InChI=1S/C10H18/c1-7-4-3-5-9-6-10(9)8(7)2/h7-10H,3-6H2,1-2H3. The third kappa shape index (κ3) is 0.980. The van der Waals surface area contributed by atoms with Crippen molar-refractivity contribution in [3.8, 4) is 0 Å². The SMILES string of the molecule is CC1CCCC2CC2C1C. The Morgan fingerprint density at radius 3 is 2.70 bits per heavy atom. The maximum Gasteiger partial charge on any atom is -0.0355 e. The molecule has 2 fully saturated rings. The molecule has 2 aliphatic carbocycles. The minimum atomic E-state index is 1.01. The van der Waals surface area contributed by atoms with Crippen molar-refractivity contribution in [3.05, 3.63) is 0 Å². The van der Waals surface area contributed by atoms with Crippen molar-refractivity contribution < 1.29 is 0 Å². The molecule has 0 saturated heterocycles. The van der Waals surface area contributed by atoms with Crippen LogP contribution in [-0.4, -0.2) is 0 Å². The molecule has 2 rings (SSSR count). The fourth-order valence-electron chi connectivity index (χ4n) is 2.63. The van der Waals surface area contributed by atoms with Crippen LogP contribution in [0.2, 0.25) is 0 Å². The quantitative estimate of drug-likeness (QED) is 0.482. The molecule has 0 aromatic heterocycles. The Kier molecular flexibility index (Phi) is 1.51. The molecule has 0 aliphatic heterocycles. The Hall–Kier alpha value is 0. The second-order valence-corrected chi connectivity index (χ2v) is 4.43. The summed E-state index contributed by atoms with van der Waals surface area (Å²) in [6.07, 6.45) is 6.10. The summed E-state index contributed by atoms with van der Waals surface area (Å²) in [5.41, 5.74) is 0. The average Bonchev–Trinajstić information content (AvgIpc) is 2.64. The van der Waals surface area contributed by atoms with Gasteiger partial charge >= 0.3 is 0 Å². The van der Waals surface area contributed by atoms with E-state index < -0.39 is 0 Å². The number of rotatable bonds is 0. The molecule has 2 aliphatic rings. The average molecular weight is 138 g/mol. The van der Waals surface area contributed by atoms with Crippen molar-refractivity contribution in [1.29, 1.82) is 0 Å². The van der Waals surface area contributed by atoms with Gasteiger partial charge in [-0.05, 0) is 30.1 Å². The Bertz CT molecular complexity index is 126. The van der Waals surface area contributed by atoms with Crippen LogP contribution < -0.4 is 0 Å². The molecular formula is C10H18. The van der Waals surface area contributed by atoms with Crippen LogP contribution >= 0.6 is 0 Å². The van der Waals surface area contributed by atoms with Gasteiger partial charge in [0.2, 0.25) is 0 Å². The maximum atomic E-state index is 2.46. The van der Waals surface area contributed by atoms with E-state index in [9.17, 15) is 0 Å². The highest BCUT2D eigenvalue weighted by molar-refractivity contribution is 4.93. The van der Waals surface area contributed by atoms with Crippen LogP contribution in [0.4, 0.5) is 0 Å². The van der Waals surface area contributed by atoms with Crippen molar-refractivity contribution in [2.45, 2.75) is 39.5 Å². The summed E-state index contributed by atoms with van der Waals surface area (Å²) in [4.78, 5) is 0. The molecule has 0 N–H and O–H groups in total. The number of hydrogen-bond donors (Lipinski definition) is 0. The topological polar surface area (TPSA) is 0 Å². The summed E-state index contributed by atoms with van der Waals surface area (Å²) < 4.78 is 0. The predicted molar refractivity (Wildman–Crippen MR) is 43.8 cm³/mol. The van der Waals surface area contributed by atoms with Crippen LogP contribution in [0.25, 0.3) is 0 Å². The van der Waals surface area contributed by atoms with Crippen LogP contribution in [-0.2, 0) is 0 Å². The summed E-state index contributed by atoms with van der Waals surface area (Å²) in [6, 6.07) is 0. The molecule has 2 saturated carbocycles. The number of hydrogen-bond acceptors (Lipinski definition) is 0. The molecule has 0 nitrogen and oxygen atoms in total. The second kappa shape index (κ2) is 2.25. The molecule has 4 unspecified atom stereocenters.